The van der Waals surface area contributed by atoms with Crippen molar-refractivity contribution in [1.29, 1.82) is 0 Å². The summed E-state index contributed by atoms with van der Waals surface area (Å²) in [6, 6.07) is 0. The lowest BCUT2D eigenvalue weighted by molar-refractivity contribution is -0.147. The highest BCUT2D eigenvalue weighted by Crippen LogP contribution is 2.42. The van der Waals surface area contributed by atoms with Gasteiger partial charge in [-0.2, -0.15) is 0 Å². The van der Waals surface area contributed by atoms with Crippen LogP contribution in [0.3, 0.4) is 0 Å². The monoisotopic (exact) mass is 830 g/mol. The van der Waals surface area contributed by atoms with E-state index < -0.39 is 26.5 Å². The molecule has 330 valence electrons. The first-order valence-corrected chi connectivity index (χ1v) is 23.7. The first kappa shape index (κ1) is 54.9. The van der Waals surface area contributed by atoms with Crippen molar-refractivity contribution in [1.82, 2.24) is 5.32 Å². The number of esters is 1. The summed E-state index contributed by atoms with van der Waals surface area (Å²) in [5.74, 6) is -0.618. The molecule has 0 radical (unpaired) electrons. The summed E-state index contributed by atoms with van der Waals surface area (Å²) in [7, 11) is -4.45. The first-order valence-electron chi connectivity index (χ1n) is 22.2. The fourth-order valence-electron chi connectivity index (χ4n) is 5.43. The van der Waals surface area contributed by atoms with Crippen LogP contribution in [0.5, 0.6) is 0 Å². The lowest BCUT2D eigenvalue weighted by atomic mass is 10.1. The van der Waals surface area contributed by atoms with Gasteiger partial charge in [0.25, 0.3) is 0 Å². The van der Waals surface area contributed by atoms with Crippen LogP contribution in [0.15, 0.2) is 97.2 Å². The Morgan fingerprint density at radius 2 is 1.00 bits per heavy atom. The molecule has 0 heterocycles. The van der Waals surface area contributed by atoms with E-state index in [0.29, 0.717) is 6.42 Å². The topological polar surface area (TPSA) is 131 Å². The molecule has 58 heavy (non-hydrogen) atoms. The van der Waals surface area contributed by atoms with Crippen molar-refractivity contribution in [3.63, 3.8) is 0 Å². The highest BCUT2D eigenvalue weighted by Gasteiger charge is 2.23. The van der Waals surface area contributed by atoms with Gasteiger partial charge in [0.15, 0.2) is 0 Å². The van der Waals surface area contributed by atoms with Gasteiger partial charge in [-0.3, -0.25) is 18.6 Å². The largest absolute Gasteiger partial charge is 0.472 e. The van der Waals surface area contributed by atoms with E-state index in [0.717, 1.165) is 77.0 Å². The molecule has 0 aromatic carbocycles. The van der Waals surface area contributed by atoms with E-state index in [2.05, 4.69) is 104 Å². The maximum absolute atomic E-state index is 12.1. The second-order valence-electron chi connectivity index (χ2n) is 14.3. The highest BCUT2D eigenvalue weighted by atomic mass is 31.2. The molecule has 0 aromatic heterocycles. The van der Waals surface area contributed by atoms with Crippen LogP contribution in [0.2, 0.25) is 0 Å². The molecule has 10 heteroatoms. The van der Waals surface area contributed by atoms with Gasteiger partial charge in [0.1, 0.15) is 12.7 Å². The van der Waals surface area contributed by atoms with Crippen LogP contribution in [-0.4, -0.2) is 54.3 Å². The molecule has 9 nitrogen and oxygen atoms in total. The van der Waals surface area contributed by atoms with Crippen molar-refractivity contribution in [3.05, 3.63) is 97.2 Å². The lowest BCUT2D eigenvalue weighted by Gasteiger charge is -2.15. The summed E-state index contributed by atoms with van der Waals surface area (Å²) in [6.45, 7) is 3.30. The molecule has 0 aromatic rings. The van der Waals surface area contributed by atoms with Crippen molar-refractivity contribution in [2.45, 2.75) is 168 Å². The zero-order valence-corrected chi connectivity index (χ0v) is 37.1. The Hall–Kier alpha value is -3.07. The molecule has 3 N–H and O–H groups in total. The Morgan fingerprint density at radius 3 is 1.52 bits per heavy atom. The van der Waals surface area contributed by atoms with Gasteiger partial charge in [0, 0.05) is 19.4 Å². The van der Waals surface area contributed by atoms with Gasteiger partial charge in [-0.15, -0.1) is 0 Å². The van der Waals surface area contributed by atoms with Crippen LogP contribution in [0.25, 0.3) is 0 Å². The fourth-order valence-corrected chi connectivity index (χ4v) is 6.19. The van der Waals surface area contributed by atoms with Gasteiger partial charge < -0.3 is 20.1 Å². The van der Waals surface area contributed by atoms with Crippen LogP contribution >= 0.6 is 7.82 Å². The highest BCUT2D eigenvalue weighted by molar-refractivity contribution is 7.47. The number of ether oxygens (including phenoxy) is 1. The minimum absolute atomic E-state index is 0.0336. The van der Waals surface area contributed by atoms with Gasteiger partial charge in [-0.05, 0) is 83.5 Å². The molecule has 0 fully saturated rings. The average molecular weight is 830 g/mol. The zero-order valence-electron chi connectivity index (χ0n) is 36.2. The molecule has 0 spiro atoms. The van der Waals surface area contributed by atoms with E-state index in [9.17, 15) is 24.2 Å². The predicted octanol–water partition coefficient (Wildman–Crippen LogP) is 12.6. The summed E-state index contributed by atoms with van der Waals surface area (Å²) in [6.07, 6.45) is 56.3. The number of aliphatic hydroxyl groups is 1. The van der Waals surface area contributed by atoms with Crippen molar-refractivity contribution >= 4 is 19.7 Å². The molecular weight excluding hydrogens is 750 g/mol. The molecule has 0 aliphatic rings. The maximum Gasteiger partial charge on any atom is 0.472 e. The molecular formula is C48H80NO8P. The van der Waals surface area contributed by atoms with Crippen LogP contribution < -0.4 is 5.32 Å². The molecule has 2 atom stereocenters. The van der Waals surface area contributed by atoms with Crippen molar-refractivity contribution in [2.75, 3.05) is 26.4 Å². The van der Waals surface area contributed by atoms with Crippen molar-refractivity contribution in [3.8, 4) is 0 Å². The summed E-state index contributed by atoms with van der Waals surface area (Å²) in [4.78, 5) is 33.9. The normalized spacial score (nSPS) is 14.2. The third-order valence-electron chi connectivity index (χ3n) is 8.76. The molecule has 1 amide bonds. The van der Waals surface area contributed by atoms with Gasteiger partial charge >= 0.3 is 13.8 Å². The summed E-state index contributed by atoms with van der Waals surface area (Å²) in [5.41, 5.74) is 0. The minimum atomic E-state index is -4.45. The second-order valence-corrected chi connectivity index (χ2v) is 15.7. The minimum Gasteiger partial charge on any atom is -0.463 e. The number of hydrogen-bond donors (Lipinski definition) is 3. The number of carbonyl (C=O) groups excluding carboxylic acids is 2. The number of carbonyl (C=O) groups is 2. The van der Waals surface area contributed by atoms with E-state index in [1.165, 1.54) is 51.4 Å². The van der Waals surface area contributed by atoms with Gasteiger partial charge in [-0.1, -0.05) is 162 Å². The van der Waals surface area contributed by atoms with E-state index >= 15 is 0 Å². The Balaban J connectivity index is 3.73. The third-order valence-corrected chi connectivity index (χ3v) is 9.75. The zero-order chi connectivity index (χ0) is 42.5. The Morgan fingerprint density at radius 1 is 0.552 bits per heavy atom. The molecule has 0 rings (SSSR count). The molecule has 0 saturated carbocycles. The van der Waals surface area contributed by atoms with E-state index in [-0.39, 0.29) is 38.5 Å². The number of nitrogens with one attached hydrogen (secondary N) is 1. The third kappa shape index (κ3) is 44.0. The Bertz CT molecular complexity index is 1270. The van der Waals surface area contributed by atoms with Gasteiger partial charge in [0.2, 0.25) is 5.91 Å². The number of allylic oxidation sites excluding steroid dienone is 16. The number of amides is 1. The fraction of sp³-hybridized carbons (Fsp3) is 0.625. The quantitative estimate of drug-likeness (QED) is 0.0241. The second kappa shape index (κ2) is 43.5. The number of rotatable bonds is 40. The number of phosphoric acid groups is 1. The number of phosphoric ester groups is 1. The molecule has 2 unspecified atom stereocenters. The molecule has 0 aliphatic carbocycles. The molecule has 0 aliphatic heterocycles. The number of unbranched alkanes of at least 4 members (excludes halogenated alkanes) is 11. The SMILES string of the molecule is CC/C=C\C/C=C\C/C=C\C/C=C\C/C=C\C/C=C\CCC(=O)NCCOP(=O)(O)OCC(O)COC(=O)CCCCCCCCC/C=C\C/C=C\CCCCCC. The van der Waals surface area contributed by atoms with Crippen LogP contribution in [0, 0.1) is 0 Å². The molecule has 0 bridgehead atoms. The van der Waals surface area contributed by atoms with E-state index in [1.54, 1.807) is 0 Å². The smallest absolute Gasteiger partial charge is 0.463 e. The van der Waals surface area contributed by atoms with Crippen LogP contribution in [-0.2, 0) is 27.9 Å². The summed E-state index contributed by atoms with van der Waals surface area (Å²) >= 11 is 0. The lowest BCUT2D eigenvalue weighted by Crippen LogP contribution is -2.27. The van der Waals surface area contributed by atoms with Crippen LogP contribution in [0.1, 0.15) is 162 Å². The first-order chi connectivity index (χ1) is 28.3. The Labute approximate surface area is 353 Å². The maximum atomic E-state index is 12.1. The van der Waals surface area contributed by atoms with E-state index in [1.807, 2.05) is 12.2 Å². The van der Waals surface area contributed by atoms with Crippen molar-refractivity contribution < 1.29 is 37.9 Å². The summed E-state index contributed by atoms with van der Waals surface area (Å²) < 4.78 is 26.8. The van der Waals surface area contributed by atoms with Gasteiger partial charge in [-0.25, -0.2) is 4.57 Å². The number of hydrogen-bond acceptors (Lipinski definition) is 7. The number of aliphatic hydroxyl groups excluding tert-OH is 1. The van der Waals surface area contributed by atoms with Crippen molar-refractivity contribution in [2.24, 2.45) is 0 Å². The standard InChI is InChI=1S/C48H80NO8P/c1-3-5-7-9-11-13-15-17-19-21-23-24-26-28-30-32-34-36-38-40-47(51)49-42-43-56-58(53,54)57-45-46(50)44-55-48(52)41-39-37-35-33-31-29-27-25-22-20-18-16-14-12-10-8-6-4-2/h5,7,11,13-14,16-17,19-20,22-24,28,30,34,36,46,50H,3-4,6,8-10,12,15,18,21,25-27,29,31-33,35,37-45H2,1-2H3,(H,49,51)(H,53,54)/b7-5-,13-11-,16-14-,19-17-,22-20-,24-23-,30-28-,36-34-. The van der Waals surface area contributed by atoms with Gasteiger partial charge in [0.05, 0.1) is 13.2 Å². The summed E-state index contributed by atoms with van der Waals surface area (Å²) in [5, 5.41) is 12.6. The molecule has 0 saturated heterocycles. The van der Waals surface area contributed by atoms with E-state index in [4.69, 9.17) is 13.8 Å². The average Bonchev–Trinajstić information content (AvgIpc) is 3.21. The predicted molar refractivity (Wildman–Crippen MR) is 242 cm³/mol. The van der Waals surface area contributed by atoms with Crippen LogP contribution in [0.4, 0.5) is 0 Å². The Kier molecular flexibility index (Phi) is 41.2.